The molecule has 0 saturated carbocycles. The van der Waals surface area contributed by atoms with Crippen molar-refractivity contribution in [1.82, 2.24) is 10.2 Å². The van der Waals surface area contributed by atoms with E-state index in [1.165, 1.54) is 0 Å². The summed E-state index contributed by atoms with van der Waals surface area (Å²) in [5.74, 6) is 0. The molecule has 0 aromatic rings. The lowest BCUT2D eigenvalue weighted by Crippen LogP contribution is -2.51. The van der Waals surface area contributed by atoms with E-state index < -0.39 is 0 Å². The molecule has 1 heterocycles. The predicted octanol–water partition coefficient (Wildman–Crippen LogP) is 1.34. The fourth-order valence-electron chi connectivity index (χ4n) is 2.07. The van der Waals surface area contributed by atoms with Gasteiger partial charge in [-0.1, -0.05) is 20.8 Å². The molecule has 90 valence electrons. The number of hydrogen-bond acceptors (Lipinski definition) is 3. The molecule has 0 spiro atoms. The van der Waals surface area contributed by atoms with E-state index in [1.54, 1.807) is 0 Å². The lowest BCUT2D eigenvalue weighted by molar-refractivity contribution is -0.0257. The van der Waals surface area contributed by atoms with E-state index in [2.05, 4.69) is 45.0 Å². The molecule has 1 aliphatic rings. The summed E-state index contributed by atoms with van der Waals surface area (Å²) in [4.78, 5) is 2.40. The number of hydrogen-bond donors (Lipinski definition) is 1. The molecule has 0 amide bonds. The van der Waals surface area contributed by atoms with Crippen molar-refractivity contribution in [1.29, 1.82) is 0 Å². The predicted molar refractivity (Wildman–Crippen MR) is 64.2 cm³/mol. The molecular weight excluding hydrogens is 188 g/mol. The summed E-state index contributed by atoms with van der Waals surface area (Å²) in [6.07, 6.45) is 0.339. The Morgan fingerprint density at radius 2 is 2.13 bits per heavy atom. The lowest BCUT2D eigenvalue weighted by atomic mass is 9.95. The van der Waals surface area contributed by atoms with Gasteiger partial charge in [0.25, 0.3) is 0 Å². The van der Waals surface area contributed by atoms with Crippen LogP contribution in [0.3, 0.4) is 0 Å². The van der Waals surface area contributed by atoms with E-state index in [0.717, 1.165) is 26.2 Å². The number of nitrogens with zero attached hydrogens (tertiary/aromatic N) is 1. The van der Waals surface area contributed by atoms with Crippen molar-refractivity contribution in [3.05, 3.63) is 0 Å². The molecule has 0 radical (unpaired) electrons. The summed E-state index contributed by atoms with van der Waals surface area (Å²) in [6, 6.07) is 0.483. The molecule has 3 heteroatoms. The zero-order valence-corrected chi connectivity index (χ0v) is 10.8. The van der Waals surface area contributed by atoms with Gasteiger partial charge in [-0.25, -0.2) is 0 Å². The summed E-state index contributed by atoms with van der Waals surface area (Å²) in [5, 5.41) is 3.38. The van der Waals surface area contributed by atoms with E-state index in [-0.39, 0.29) is 0 Å². The molecule has 2 atom stereocenters. The van der Waals surface area contributed by atoms with Gasteiger partial charge < -0.3 is 15.0 Å². The Hall–Kier alpha value is -0.120. The van der Waals surface area contributed by atoms with Gasteiger partial charge in [0, 0.05) is 25.7 Å². The van der Waals surface area contributed by atoms with Gasteiger partial charge in [0.15, 0.2) is 0 Å². The zero-order valence-electron chi connectivity index (χ0n) is 10.8. The van der Waals surface area contributed by atoms with Gasteiger partial charge in [-0.15, -0.1) is 0 Å². The summed E-state index contributed by atoms with van der Waals surface area (Å²) >= 11 is 0. The van der Waals surface area contributed by atoms with Crippen molar-refractivity contribution in [2.45, 2.75) is 39.8 Å². The molecule has 0 aromatic heterocycles. The van der Waals surface area contributed by atoms with Crippen LogP contribution in [0.5, 0.6) is 0 Å². The van der Waals surface area contributed by atoms with Crippen LogP contribution in [0, 0.1) is 5.41 Å². The smallest absolute Gasteiger partial charge is 0.0852 e. The molecule has 0 bridgehead atoms. The van der Waals surface area contributed by atoms with Crippen molar-refractivity contribution in [2.75, 3.05) is 33.3 Å². The van der Waals surface area contributed by atoms with Crippen LogP contribution in [0.25, 0.3) is 0 Å². The maximum atomic E-state index is 5.77. The SMILES string of the molecule is CC(C1CNCCO1)N(C)CC(C)(C)C. The molecule has 1 aliphatic heterocycles. The fraction of sp³-hybridized carbons (Fsp3) is 1.00. The summed E-state index contributed by atoms with van der Waals surface area (Å²) in [7, 11) is 2.19. The van der Waals surface area contributed by atoms with Crippen LogP contribution in [-0.2, 0) is 4.74 Å². The van der Waals surface area contributed by atoms with Crippen molar-refractivity contribution in [2.24, 2.45) is 5.41 Å². The van der Waals surface area contributed by atoms with Crippen LogP contribution in [-0.4, -0.2) is 50.3 Å². The van der Waals surface area contributed by atoms with Crippen LogP contribution >= 0.6 is 0 Å². The standard InChI is InChI=1S/C12H26N2O/c1-10(11-8-13-6-7-15-11)14(5)9-12(2,3)4/h10-11,13H,6-9H2,1-5H3. The Bertz CT molecular complexity index is 183. The van der Waals surface area contributed by atoms with Gasteiger partial charge in [0.1, 0.15) is 0 Å². The Morgan fingerprint density at radius 3 is 2.60 bits per heavy atom. The molecule has 3 nitrogen and oxygen atoms in total. The summed E-state index contributed by atoms with van der Waals surface area (Å²) in [6.45, 7) is 13.0. The van der Waals surface area contributed by atoms with E-state index in [0.29, 0.717) is 17.6 Å². The van der Waals surface area contributed by atoms with Gasteiger partial charge in [-0.2, -0.15) is 0 Å². The highest BCUT2D eigenvalue weighted by molar-refractivity contribution is 4.81. The number of likely N-dealkylation sites (N-methyl/N-ethyl adjacent to an activating group) is 1. The van der Waals surface area contributed by atoms with Gasteiger partial charge in [-0.05, 0) is 19.4 Å². The maximum Gasteiger partial charge on any atom is 0.0852 e. The van der Waals surface area contributed by atoms with Gasteiger partial charge in [-0.3, -0.25) is 0 Å². The first-order valence-electron chi connectivity index (χ1n) is 5.93. The zero-order chi connectivity index (χ0) is 11.5. The molecular formula is C12H26N2O. The second-order valence-electron chi connectivity index (χ2n) is 5.83. The third kappa shape index (κ3) is 4.49. The number of rotatable bonds is 3. The Balaban J connectivity index is 2.40. The molecule has 1 fully saturated rings. The Labute approximate surface area is 94.2 Å². The highest BCUT2D eigenvalue weighted by atomic mass is 16.5. The number of ether oxygens (including phenoxy) is 1. The van der Waals surface area contributed by atoms with Crippen LogP contribution in [0.15, 0.2) is 0 Å². The minimum absolute atomic E-state index is 0.339. The fourth-order valence-corrected chi connectivity index (χ4v) is 2.07. The molecule has 0 aliphatic carbocycles. The minimum atomic E-state index is 0.339. The molecule has 0 aromatic carbocycles. The first-order valence-corrected chi connectivity index (χ1v) is 5.93. The van der Waals surface area contributed by atoms with Gasteiger partial charge in [0.05, 0.1) is 12.7 Å². The third-order valence-electron chi connectivity index (χ3n) is 2.91. The van der Waals surface area contributed by atoms with E-state index in [4.69, 9.17) is 4.74 Å². The largest absolute Gasteiger partial charge is 0.374 e. The van der Waals surface area contributed by atoms with Crippen LogP contribution in [0.4, 0.5) is 0 Å². The molecule has 2 unspecified atom stereocenters. The second kappa shape index (κ2) is 5.28. The molecule has 1 saturated heterocycles. The number of morpholine rings is 1. The van der Waals surface area contributed by atoms with Crippen LogP contribution < -0.4 is 5.32 Å². The van der Waals surface area contributed by atoms with Crippen molar-refractivity contribution in [3.63, 3.8) is 0 Å². The van der Waals surface area contributed by atoms with Crippen LogP contribution in [0.1, 0.15) is 27.7 Å². The second-order valence-corrected chi connectivity index (χ2v) is 5.83. The van der Waals surface area contributed by atoms with Gasteiger partial charge >= 0.3 is 0 Å². The first-order chi connectivity index (χ1) is 6.90. The van der Waals surface area contributed by atoms with E-state index >= 15 is 0 Å². The average Bonchev–Trinajstić information content (AvgIpc) is 2.15. The Kier molecular flexibility index (Phi) is 4.56. The lowest BCUT2D eigenvalue weighted by Gasteiger charge is -2.37. The molecule has 1 rings (SSSR count). The molecule has 1 N–H and O–H groups in total. The van der Waals surface area contributed by atoms with Crippen LogP contribution in [0.2, 0.25) is 0 Å². The highest BCUT2D eigenvalue weighted by Crippen LogP contribution is 2.17. The van der Waals surface area contributed by atoms with Gasteiger partial charge in [0.2, 0.25) is 0 Å². The molecule has 15 heavy (non-hydrogen) atoms. The normalized spacial score (nSPS) is 25.6. The minimum Gasteiger partial charge on any atom is -0.374 e. The van der Waals surface area contributed by atoms with Crippen molar-refractivity contribution < 1.29 is 4.74 Å². The van der Waals surface area contributed by atoms with E-state index in [9.17, 15) is 0 Å². The topological polar surface area (TPSA) is 24.5 Å². The quantitative estimate of drug-likeness (QED) is 0.767. The van der Waals surface area contributed by atoms with Crippen molar-refractivity contribution in [3.8, 4) is 0 Å². The number of nitrogens with one attached hydrogen (secondary N) is 1. The first kappa shape index (κ1) is 12.9. The third-order valence-corrected chi connectivity index (χ3v) is 2.91. The van der Waals surface area contributed by atoms with E-state index in [1.807, 2.05) is 0 Å². The monoisotopic (exact) mass is 214 g/mol. The average molecular weight is 214 g/mol. The maximum absolute atomic E-state index is 5.77. The van der Waals surface area contributed by atoms with Crippen molar-refractivity contribution >= 4 is 0 Å². The summed E-state index contributed by atoms with van der Waals surface area (Å²) in [5.41, 5.74) is 0.352. The summed E-state index contributed by atoms with van der Waals surface area (Å²) < 4.78 is 5.77. The Morgan fingerprint density at radius 1 is 1.47 bits per heavy atom. The highest BCUT2D eigenvalue weighted by Gasteiger charge is 2.26.